The number of methoxy groups -OCH3 is 1. The number of rotatable bonds is 5. The van der Waals surface area contributed by atoms with Crippen LogP contribution >= 0.6 is 12.4 Å². The number of hydrogen-bond acceptors (Lipinski definition) is 6. The second-order valence-electron chi connectivity index (χ2n) is 6.79. The summed E-state index contributed by atoms with van der Waals surface area (Å²) in [5.41, 5.74) is 1.52. The number of hydrogen-bond donors (Lipinski definition) is 2. The molecule has 0 aliphatic carbocycles. The maximum Gasteiger partial charge on any atom is 0.231 e. The predicted octanol–water partition coefficient (Wildman–Crippen LogP) is 2.64. The Morgan fingerprint density at radius 3 is 2.93 bits per heavy atom. The Balaban J connectivity index is 0.00000225. The van der Waals surface area contributed by atoms with E-state index in [1.807, 2.05) is 18.2 Å². The van der Waals surface area contributed by atoms with Gasteiger partial charge < -0.3 is 14.5 Å². The predicted molar refractivity (Wildman–Crippen MR) is 108 cm³/mol. The minimum atomic E-state index is -0.152. The van der Waals surface area contributed by atoms with Gasteiger partial charge in [0.2, 0.25) is 11.9 Å². The smallest absolute Gasteiger partial charge is 0.231 e. The van der Waals surface area contributed by atoms with Gasteiger partial charge >= 0.3 is 0 Å². The van der Waals surface area contributed by atoms with Crippen molar-refractivity contribution in [2.24, 2.45) is 7.05 Å². The highest BCUT2D eigenvalue weighted by Gasteiger charge is 2.21. The van der Waals surface area contributed by atoms with Gasteiger partial charge in [0.05, 0.1) is 19.8 Å². The fourth-order valence-electron chi connectivity index (χ4n) is 3.44. The molecule has 3 aromatic rings. The molecular formula is C19H24ClN5O3. The first-order valence-electron chi connectivity index (χ1n) is 9.09. The molecule has 1 aromatic carbocycles. The molecule has 0 saturated carbocycles. The highest BCUT2D eigenvalue weighted by Crippen LogP contribution is 2.26. The van der Waals surface area contributed by atoms with Crippen LogP contribution in [0.4, 0.5) is 5.95 Å². The fourth-order valence-corrected chi connectivity index (χ4v) is 3.44. The van der Waals surface area contributed by atoms with E-state index in [9.17, 15) is 4.79 Å². The topological polar surface area (TPSA) is 94.2 Å². The molecule has 9 heteroatoms. The Kier molecular flexibility index (Phi) is 6.21. The van der Waals surface area contributed by atoms with Gasteiger partial charge in [-0.3, -0.25) is 10.1 Å². The van der Waals surface area contributed by atoms with Crippen LogP contribution in [0.25, 0.3) is 11.0 Å². The summed E-state index contributed by atoms with van der Waals surface area (Å²) in [6.45, 7) is 1.95. The van der Waals surface area contributed by atoms with E-state index >= 15 is 0 Å². The quantitative estimate of drug-likeness (QED) is 0.677. The Morgan fingerprint density at radius 2 is 2.18 bits per heavy atom. The molecule has 3 heterocycles. The number of benzene rings is 1. The Labute approximate surface area is 169 Å². The summed E-state index contributed by atoms with van der Waals surface area (Å²) in [5, 5.41) is 11.6. The van der Waals surface area contributed by atoms with Gasteiger partial charge in [-0.2, -0.15) is 10.1 Å². The maximum atomic E-state index is 12.5. The number of piperidine rings is 1. The van der Waals surface area contributed by atoms with Crippen molar-refractivity contribution in [2.75, 3.05) is 25.5 Å². The molecule has 1 aliphatic heterocycles. The van der Waals surface area contributed by atoms with Crippen LogP contribution in [0.2, 0.25) is 0 Å². The normalized spacial score (nSPS) is 14.6. The molecule has 1 aliphatic rings. The number of amides is 1. The molecule has 28 heavy (non-hydrogen) atoms. The number of anilines is 1. The lowest BCUT2D eigenvalue weighted by Crippen LogP contribution is -2.27. The highest BCUT2D eigenvalue weighted by molar-refractivity contribution is 5.94. The second-order valence-corrected chi connectivity index (χ2v) is 6.79. The van der Waals surface area contributed by atoms with Gasteiger partial charge in [0.15, 0.2) is 5.82 Å². The molecule has 8 nitrogen and oxygen atoms in total. The zero-order chi connectivity index (χ0) is 18.8. The van der Waals surface area contributed by atoms with E-state index in [1.165, 1.54) is 0 Å². The summed E-state index contributed by atoms with van der Waals surface area (Å²) < 4.78 is 12.4. The molecule has 4 rings (SSSR count). The molecule has 1 fully saturated rings. The standard InChI is InChI=1S/C19H23N5O3.ClH/c1-24-19(22-18(23-24)12-5-7-20-8-6-12)21-17(25)9-13-11-27-16-10-14(26-2)3-4-15(13)16;/h3-4,10-12,20H,5-9H2,1-2H3,(H,21,22,23,25);1H. The van der Waals surface area contributed by atoms with Gasteiger partial charge in [0.1, 0.15) is 11.3 Å². The van der Waals surface area contributed by atoms with Gasteiger partial charge in [0.25, 0.3) is 0 Å². The average Bonchev–Trinajstić information content (AvgIpc) is 3.25. The lowest BCUT2D eigenvalue weighted by Gasteiger charge is -2.19. The number of carbonyl (C=O) groups is 1. The van der Waals surface area contributed by atoms with Crippen molar-refractivity contribution in [3.05, 3.63) is 35.9 Å². The third-order valence-corrected chi connectivity index (χ3v) is 4.95. The molecule has 0 unspecified atom stereocenters. The summed E-state index contributed by atoms with van der Waals surface area (Å²) in [7, 11) is 3.41. The molecule has 0 atom stereocenters. The van der Waals surface area contributed by atoms with Crippen LogP contribution in [-0.4, -0.2) is 40.9 Å². The van der Waals surface area contributed by atoms with E-state index in [0.717, 1.165) is 48.5 Å². The molecule has 1 amide bonds. The summed E-state index contributed by atoms with van der Waals surface area (Å²) >= 11 is 0. The summed E-state index contributed by atoms with van der Waals surface area (Å²) in [6, 6.07) is 5.57. The van der Waals surface area contributed by atoms with Crippen LogP contribution in [0.5, 0.6) is 5.75 Å². The van der Waals surface area contributed by atoms with Gasteiger partial charge in [-0.1, -0.05) is 0 Å². The molecule has 0 spiro atoms. The Hall–Kier alpha value is -2.58. The summed E-state index contributed by atoms with van der Waals surface area (Å²) in [4.78, 5) is 17.1. The van der Waals surface area contributed by atoms with Crippen LogP contribution in [0.15, 0.2) is 28.9 Å². The second kappa shape index (κ2) is 8.62. The maximum absolute atomic E-state index is 12.5. The number of nitrogens with one attached hydrogen (secondary N) is 2. The number of furan rings is 1. The van der Waals surface area contributed by atoms with E-state index in [-0.39, 0.29) is 24.7 Å². The van der Waals surface area contributed by atoms with E-state index in [2.05, 4.69) is 20.7 Å². The number of carbonyl (C=O) groups excluding carboxylic acids is 1. The third-order valence-electron chi connectivity index (χ3n) is 4.95. The van der Waals surface area contributed by atoms with E-state index in [1.54, 1.807) is 25.1 Å². The lowest BCUT2D eigenvalue weighted by atomic mass is 9.98. The largest absolute Gasteiger partial charge is 0.497 e. The number of aromatic nitrogens is 3. The van der Waals surface area contributed by atoms with E-state index < -0.39 is 0 Å². The van der Waals surface area contributed by atoms with Crippen LogP contribution in [-0.2, 0) is 18.3 Å². The third kappa shape index (κ3) is 4.13. The minimum absolute atomic E-state index is 0. The van der Waals surface area contributed by atoms with Gasteiger partial charge in [-0.15, -0.1) is 12.4 Å². The Bertz CT molecular complexity index is 962. The first kappa shape index (κ1) is 20.2. The SMILES string of the molecule is COc1ccc2c(CC(=O)Nc3nc(C4CCNCC4)nn3C)coc2c1.Cl. The Morgan fingerprint density at radius 1 is 1.39 bits per heavy atom. The van der Waals surface area contributed by atoms with Crippen molar-refractivity contribution >= 4 is 35.2 Å². The highest BCUT2D eigenvalue weighted by atomic mass is 35.5. The number of aryl methyl sites for hydroxylation is 1. The molecule has 2 aromatic heterocycles. The van der Waals surface area contributed by atoms with Crippen molar-refractivity contribution in [2.45, 2.75) is 25.2 Å². The van der Waals surface area contributed by atoms with Crippen molar-refractivity contribution in [3.8, 4) is 5.75 Å². The molecule has 0 bridgehead atoms. The van der Waals surface area contributed by atoms with Crippen LogP contribution in [0.1, 0.15) is 30.1 Å². The van der Waals surface area contributed by atoms with Gasteiger partial charge in [-0.25, -0.2) is 4.68 Å². The lowest BCUT2D eigenvalue weighted by molar-refractivity contribution is -0.115. The molecule has 1 saturated heterocycles. The van der Waals surface area contributed by atoms with Crippen molar-refractivity contribution in [1.29, 1.82) is 0 Å². The van der Waals surface area contributed by atoms with E-state index in [4.69, 9.17) is 9.15 Å². The zero-order valence-electron chi connectivity index (χ0n) is 15.9. The number of fused-ring (bicyclic) bond motifs is 1. The number of halogens is 1. The van der Waals surface area contributed by atoms with Crippen LogP contribution in [0, 0.1) is 0 Å². The van der Waals surface area contributed by atoms with E-state index in [0.29, 0.717) is 17.4 Å². The van der Waals surface area contributed by atoms with Crippen molar-refractivity contribution < 1.29 is 13.9 Å². The molecular weight excluding hydrogens is 382 g/mol. The van der Waals surface area contributed by atoms with Gasteiger partial charge in [-0.05, 0) is 38.1 Å². The summed E-state index contributed by atoms with van der Waals surface area (Å²) in [6.07, 6.45) is 3.85. The molecule has 150 valence electrons. The molecule has 0 radical (unpaired) electrons. The van der Waals surface area contributed by atoms with Crippen molar-refractivity contribution in [3.63, 3.8) is 0 Å². The fraction of sp³-hybridized carbons (Fsp3) is 0.421. The average molecular weight is 406 g/mol. The number of ether oxygens (including phenoxy) is 1. The monoisotopic (exact) mass is 405 g/mol. The summed E-state index contributed by atoms with van der Waals surface area (Å²) in [5.74, 6) is 2.19. The molecule has 2 N–H and O–H groups in total. The number of nitrogens with zero attached hydrogens (tertiary/aromatic N) is 3. The van der Waals surface area contributed by atoms with Crippen LogP contribution in [0.3, 0.4) is 0 Å². The minimum Gasteiger partial charge on any atom is -0.497 e. The van der Waals surface area contributed by atoms with Gasteiger partial charge in [0, 0.05) is 30.0 Å². The first-order chi connectivity index (χ1) is 13.1. The zero-order valence-corrected chi connectivity index (χ0v) is 16.7. The van der Waals surface area contributed by atoms with Crippen LogP contribution < -0.4 is 15.4 Å². The van der Waals surface area contributed by atoms with Crippen molar-refractivity contribution in [1.82, 2.24) is 20.1 Å². The first-order valence-corrected chi connectivity index (χ1v) is 9.09.